The molecule has 11 nitrogen and oxygen atoms in total. The molecule has 0 aromatic heterocycles. The van der Waals surface area contributed by atoms with Crippen LogP contribution >= 0.6 is 0 Å². The third-order valence-electron chi connectivity index (χ3n) is 7.40. The minimum Gasteiger partial charge on any atom is -0.463 e. The molecule has 11 heteroatoms. The van der Waals surface area contributed by atoms with Gasteiger partial charge in [-0.25, -0.2) is 4.79 Å². The molecule has 2 aromatic rings. The SMILES string of the molecule is C=CC[C@@H](CC(=O)NCCOCCO)C(=O)N[C@@H](CCCCNC(=O)OCc1ccccc1)COC(=O)[C@H](CC=C)Cc1ccccc1. The standard InChI is InChI=1S/C37H51N3O8/c1-3-13-31(26-34(42)38-21-23-46-24-22-41)35(43)40-33(19-11-12-20-39-37(45)48-27-30-17-9-6-10-18-30)28-47-36(44)32(14-4-2)25-29-15-7-5-8-16-29/h3-10,15-18,31-33,41H,1-2,11-14,19-28H2,(H,38,42)(H,39,45)(H,40,43)/t31-,32+,33-/m0/s1. The van der Waals surface area contributed by atoms with Crippen LogP contribution in [0.2, 0.25) is 0 Å². The fraction of sp³-hybridized carbons (Fsp3) is 0.459. The Bertz CT molecular complexity index is 1240. The van der Waals surface area contributed by atoms with Crippen LogP contribution in [0.3, 0.4) is 0 Å². The first-order chi connectivity index (χ1) is 23.4. The lowest BCUT2D eigenvalue weighted by atomic mass is 9.96. The second-order valence-electron chi connectivity index (χ2n) is 11.3. The van der Waals surface area contributed by atoms with E-state index in [1.165, 1.54) is 0 Å². The maximum absolute atomic E-state index is 13.4. The monoisotopic (exact) mass is 665 g/mol. The number of esters is 1. The molecule has 2 rings (SSSR count). The van der Waals surface area contributed by atoms with Crippen LogP contribution in [0.15, 0.2) is 86.0 Å². The lowest BCUT2D eigenvalue weighted by Crippen LogP contribution is -2.43. The molecule has 262 valence electrons. The Balaban J connectivity index is 1.95. The second-order valence-corrected chi connectivity index (χ2v) is 11.3. The molecule has 0 aliphatic rings. The van der Waals surface area contributed by atoms with Gasteiger partial charge in [-0.2, -0.15) is 0 Å². The van der Waals surface area contributed by atoms with Crippen molar-refractivity contribution >= 4 is 23.9 Å². The van der Waals surface area contributed by atoms with Crippen LogP contribution in [0.4, 0.5) is 4.79 Å². The van der Waals surface area contributed by atoms with Gasteiger partial charge in [0.05, 0.1) is 37.7 Å². The number of nitrogens with one attached hydrogen (secondary N) is 3. The molecular weight excluding hydrogens is 614 g/mol. The van der Waals surface area contributed by atoms with E-state index in [0.29, 0.717) is 38.6 Å². The smallest absolute Gasteiger partial charge is 0.407 e. The zero-order valence-electron chi connectivity index (χ0n) is 27.8. The van der Waals surface area contributed by atoms with Crippen molar-refractivity contribution in [3.8, 4) is 0 Å². The molecule has 4 N–H and O–H groups in total. The summed E-state index contributed by atoms with van der Waals surface area (Å²) in [6, 6.07) is 18.5. The van der Waals surface area contributed by atoms with Crippen molar-refractivity contribution in [3.63, 3.8) is 0 Å². The molecule has 48 heavy (non-hydrogen) atoms. The summed E-state index contributed by atoms with van der Waals surface area (Å²) in [6.07, 6.45) is 5.60. The highest BCUT2D eigenvalue weighted by molar-refractivity contribution is 5.86. The maximum atomic E-state index is 13.4. The molecule has 3 atom stereocenters. The van der Waals surface area contributed by atoms with Crippen LogP contribution < -0.4 is 16.0 Å². The average Bonchev–Trinajstić information content (AvgIpc) is 3.09. The number of alkyl carbamates (subject to hydrolysis) is 1. The molecule has 0 bridgehead atoms. The van der Waals surface area contributed by atoms with Crippen LogP contribution in [0, 0.1) is 11.8 Å². The lowest BCUT2D eigenvalue weighted by Gasteiger charge is -2.23. The van der Waals surface area contributed by atoms with Gasteiger partial charge in [0.2, 0.25) is 11.8 Å². The third kappa shape index (κ3) is 17.4. The van der Waals surface area contributed by atoms with E-state index < -0.39 is 24.0 Å². The van der Waals surface area contributed by atoms with E-state index in [1.807, 2.05) is 60.7 Å². The molecule has 0 unspecified atom stereocenters. The number of carbonyl (C=O) groups excluding carboxylic acids is 4. The second kappa shape index (κ2) is 24.7. The Hall–Kier alpha value is -4.48. The summed E-state index contributed by atoms with van der Waals surface area (Å²) in [5, 5.41) is 17.2. The van der Waals surface area contributed by atoms with Crippen molar-refractivity contribution in [1.82, 2.24) is 16.0 Å². The van der Waals surface area contributed by atoms with Crippen LogP contribution in [0.25, 0.3) is 0 Å². The van der Waals surface area contributed by atoms with Gasteiger partial charge in [0.15, 0.2) is 0 Å². The van der Waals surface area contributed by atoms with Crippen LogP contribution in [-0.4, -0.2) is 74.5 Å². The first-order valence-corrected chi connectivity index (χ1v) is 16.5. The largest absolute Gasteiger partial charge is 0.463 e. The van der Waals surface area contributed by atoms with E-state index in [4.69, 9.17) is 19.3 Å². The summed E-state index contributed by atoms with van der Waals surface area (Å²) in [5.41, 5.74) is 1.89. The van der Waals surface area contributed by atoms with Crippen molar-refractivity contribution < 1.29 is 38.5 Å². The molecule has 0 saturated carbocycles. The quantitative estimate of drug-likeness (QED) is 0.0698. The summed E-state index contributed by atoms with van der Waals surface area (Å²) in [5.74, 6) is -2.15. The molecular formula is C37H51N3O8. The molecule has 3 amide bonds. The minimum atomic E-state index is -0.674. The number of hydrogen-bond acceptors (Lipinski definition) is 8. The van der Waals surface area contributed by atoms with Crippen molar-refractivity contribution in [2.45, 2.75) is 57.6 Å². The number of benzene rings is 2. The molecule has 0 heterocycles. The van der Waals surface area contributed by atoms with Gasteiger partial charge in [-0.05, 0) is 49.7 Å². The topological polar surface area (TPSA) is 152 Å². The van der Waals surface area contributed by atoms with Crippen molar-refractivity contribution in [2.75, 3.05) is 39.5 Å². The van der Waals surface area contributed by atoms with Crippen LogP contribution in [0.5, 0.6) is 0 Å². The number of aliphatic hydroxyl groups excluding tert-OH is 1. The van der Waals surface area contributed by atoms with E-state index in [1.54, 1.807) is 12.2 Å². The summed E-state index contributed by atoms with van der Waals surface area (Å²) in [6.45, 7) is 8.58. The van der Waals surface area contributed by atoms with Crippen molar-refractivity contribution in [1.29, 1.82) is 0 Å². The van der Waals surface area contributed by atoms with Gasteiger partial charge in [0, 0.05) is 19.5 Å². The number of amides is 3. The Kier molecular flexibility index (Phi) is 20.4. The van der Waals surface area contributed by atoms with Gasteiger partial charge < -0.3 is 35.3 Å². The van der Waals surface area contributed by atoms with Gasteiger partial charge in [0.1, 0.15) is 13.2 Å². The zero-order valence-corrected chi connectivity index (χ0v) is 27.8. The number of rotatable bonds is 25. The Morgan fingerprint density at radius 1 is 0.792 bits per heavy atom. The number of allylic oxidation sites excluding steroid dienone is 2. The highest BCUT2D eigenvalue weighted by Gasteiger charge is 2.25. The predicted molar refractivity (Wildman–Crippen MR) is 184 cm³/mol. The average molecular weight is 666 g/mol. The fourth-order valence-corrected chi connectivity index (χ4v) is 4.87. The van der Waals surface area contributed by atoms with Gasteiger partial charge in [0.25, 0.3) is 0 Å². The minimum absolute atomic E-state index is 0.0469. The fourth-order valence-electron chi connectivity index (χ4n) is 4.87. The van der Waals surface area contributed by atoms with E-state index in [-0.39, 0.29) is 70.2 Å². The molecule has 0 fully saturated rings. The van der Waals surface area contributed by atoms with Crippen LogP contribution in [0.1, 0.15) is 49.7 Å². The summed E-state index contributed by atoms with van der Waals surface area (Å²) >= 11 is 0. The number of ether oxygens (including phenoxy) is 3. The lowest BCUT2D eigenvalue weighted by molar-refractivity contribution is -0.150. The van der Waals surface area contributed by atoms with Gasteiger partial charge in [-0.15, -0.1) is 13.2 Å². The number of carbonyl (C=O) groups is 4. The molecule has 0 radical (unpaired) electrons. The normalized spacial score (nSPS) is 12.5. The van der Waals surface area contributed by atoms with E-state index in [0.717, 1.165) is 11.1 Å². The summed E-state index contributed by atoms with van der Waals surface area (Å²) in [4.78, 5) is 51.2. The number of aliphatic hydroxyl groups is 1. The number of hydrogen-bond donors (Lipinski definition) is 4. The maximum Gasteiger partial charge on any atom is 0.407 e. The first-order valence-electron chi connectivity index (χ1n) is 16.5. The highest BCUT2D eigenvalue weighted by Crippen LogP contribution is 2.16. The molecule has 2 aromatic carbocycles. The molecule has 0 aliphatic carbocycles. The molecule has 0 saturated heterocycles. The highest BCUT2D eigenvalue weighted by atomic mass is 16.5. The summed E-state index contributed by atoms with van der Waals surface area (Å²) in [7, 11) is 0. The number of unbranched alkanes of at least 4 members (excludes halogenated alkanes) is 1. The Morgan fingerprint density at radius 3 is 2.12 bits per heavy atom. The third-order valence-corrected chi connectivity index (χ3v) is 7.40. The van der Waals surface area contributed by atoms with E-state index >= 15 is 0 Å². The molecule has 0 spiro atoms. The predicted octanol–water partition coefficient (Wildman–Crippen LogP) is 4.25. The Labute approximate surface area is 284 Å². The van der Waals surface area contributed by atoms with Crippen molar-refractivity contribution in [2.24, 2.45) is 11.8 Å². The van der Waals surface area contributed by atoms with E-state index in [2.05, 4.69) is 29.1 Å². The first kappa shape index (κ1) is 39.7. The van der Waals surface area contributed by atoms with Gasteiger partial charge in [-0.3, -0.25) is 14.4 Å². The Morgan fingerprint density at radius 2 is 1.46 bits per heavy atom. The van der Waals surface area contributed by atoms with Gasteiger partial charge >= 0.3 is 12.1 Å². The molecule has 0 aliphatic heterocycles. The van der Waals surface area contributed by atoms with Crippen molar-refractivity contribution in [3.05, 3.63) is 97.1 Å². The van der Waals surface area contributed by atoms with Crippen LogP contribution in [-0.2, 0) is 41.6 Å². The van der Waals surface area contributed by atoms with E-state index in [9.17, 15) is 19.2 Å². The van der Waals surface area contributed by atoms with Gasteiger partial charge in [-0.1, -0.05) is 72.8 Å². The summed E-state index contributed by atoms with van der Waals surface area (Å²) < 4.78 is 16.2. The zero-order chi connectivity index (χ0) is 34.8.